The summed E-state index contributed by atoms with van der Waals surface area (Å²) in [6.45, 7) is 2.70. The summed E-state index contributed by atoms with van der Waals surface area (Å²) in [6, 6.07) is 7.54. The molecule has 5 heteroatoms. The second-order valence-electron chi connectivity index (χ2n) is 7.15. The number of anilines is 1. The smallest absolute Gasteiger partial charge is 0.253 e. The van der Waals surface area contributed by atoms with E-state index < -0.39 is 0 Å². The molecule has 1 aliphatic rings. The van der Waals surface area contributed by atoms with Gasteiger partial charge in [-0.05, 0) is 62.9 Å². The van der Waals surface area contributed by atoms with E-state index >= 15 is 0 Å². The first kappa shape index (κ1) is 18.5. The molecule has 24 heavy (non-hydrogen) atoms. The van der Waals surface area contributed by atoms with Gasteiger partial charge in [-0.2, -0.15) is 0 Å². The van der Waals surface area contributed by atoms with Crippen molar-refractivity contribution in [3.05, 3.63) is 29.8 Å². The Morgan fingerprint density at radius 3 is 2.17 bits per heavy atom. The van der Waals surface area contributed by atoms with Gasteiger partial charge in [0, 0.05) is 31.4 Å². The molecule has 0 atom stereocenters. The Balaban J connectivity index is 1.84. The zero-order chi connectivity index (χ0) is 17.7. The number of carbonyl (C=O) groups is 2. The predicted octanol–water partition coefficient (Wildman–Crippen LogP) is 2.84. The van der Waals surface area contributed by atoms with E-state index in [0.717, 1.165) is 11.6 Å². The van der Waals surface area contributed by atoms with E-state index in [2.05, 4.69) is 17.1 Å². The van der Waals surface area contributed by atoms with Crippen molar-refractivity contribution in [2.24, 2.45) is 5.92 Å². The van der Waals surface area contributed by atoms with Crippen LogP contribution in [0.3, 0.4) is 0 Å². The number of benzene rings is 1. The van der Waals surface area contributed by atoms with E-state index in [0.29, 0.717) is 18.2 Å². The van der Waals surface area contributed by atoms with Crippen LogP contribution in [-0.4, -0.2) is 55.3 Å². The lowest BCUT2D eigenvalue weighted by Gasteiger charge is -2.33. The van der Waals surface area contributed by atoms with E-state index in [9.17, 15) is 9.59 Å². The number of likely N-dealkylation sites (N-methyl/N-ethyl adjacent to an activating group) is 1. The molecule has 0 heterocycles. The molecule has 0 aromatic heterocycles. The maximum Gasteiger partial charge on any atom is 0.253 e. The fourth-order valence-electron chi connectivity index (χ4n) is 3.19. The van der Waals surface area contributed by atoms with E-state index in [4.69, 9.17) is 0 Å². The van der Waals surface area contributed by atoms with E-state index in [-0.39, 0.29) is 11.8 Å². The minimum Gasteiger partial charge on any atom is -0.345 e. The number of rotatable bonds is 5. The van der Waals surface area contributed by atoms with Crippen molar-refractivity contribution >= 4 is 17.5 Å². The zero-order valence-corrected chi connectivity index (χ0v) is 15.2. The van der Waals surface area contributed by atoms with Gasteiger partial charge in [0.1, 0.15) is 0 Å². The maximum atomic E-state index is 12.2. The molecule has 1 aromatic rings. The fraction of sp³-hybridized carbons (Fsp3) is 0.579. The van der Waals surface area contributed by atoms with Gasteiger partial charge in [0.25, 0.3) is 5.91 Å². The van der Waals surface area contributed by atoms with Gasteiger partial charge < -0.3 is 10.2 Å². The summed E-state index contributed by atoms with van der Waals surface area (Å²) >= 11 is 0. The van der Waals surface area contributed by atoms with Gasteiger partial charge >= 0.3 is 0 Å². The number of hydrogen-bond donors (Lipinski definition) is 1. The molecule has 2 amide bonds. The number of amides is 2. The maximum absolute atomic E-state index is 12.2. The molecule has 0 radical (unpaired) electrons. The van der Waals surface area contributed by atoms with E-state index in [1.54, 1.807) is 38.4 Å². The minimum absolute atomic E-state index is 0.0113. The average molecular weight is 331 g/mol. The molecule has 2 rings (SSSR count). The SMILES string of the molecule is CC1CCC(N(C)CC(=O)Nc2ccc(C(=O)N(C)C)cc2)CC1. The third-order valence-electron chi connectivity index (χ3n) is 4.82. The lowest BCUT2D eigenvalue weighted by atomic mass is 9.87. The molecule has 0 bridgehead atoms. The zero-order valence-electron chi connectivity index (χ0n) is 15.2. The van der Waals surface area contributed by atoms with Gasteiger partial charge in [-0.25, -0.2) is 0 Å². The molecule has 0 saturated heterocycles. The molecule has 5 nitrogen and oxygen atoms in total. The molecule has 132 valence electrons. The topological polar surface area (TPSA) is 52.7 Å². The Labute approximate surface area is 145 Å². The molecule has 0 spiro atoms. The Morgan fingerprint density at radius 2 is 1.62 bits per heavy atom. The van der Waals surface area contributed by atoms with E-state index in [1.165, 1.54) is 30.6 Å². The van der Waals surface area contributed by atoms with Crippen LogP contribution in [0.15, 0.2) is 24.3 Å². The quantitative estimate of drug-likeness (QED) is 0.903. The van der Waals surface area contributed by atoms with Crippen LogP contribution in [0.25, 0.3) is 0 Å². The van der Waals surface area contributed by atoms with Gasteiger partial charge in [0.15, 0.2) is 0 Å². The first-order valence-corrected chi connectivity index (χ1v) is 8.68. The predicted molar refractivity (Wildman–Crippen MR) is 97.1 cm³/mol. The standard InChI is InChI=1S/C19H29N3O2/c1-14-5-11-17(12-6-14)22(4)13-18(23)20-16-9-7-15(8-10-16)19(24)21(2)3/h7-10,14,17H,5-6,11-13H2,1-4H3,(H,20,23). The van der Waals surface area contributed by atoms with Crippen LogP contribution in [0, 0.1) is 5.92 Å². The van der Waals surface area contributed by atoms with Crippen molar-refractivity contribution in [2.75, 3.05) is 33.0 Å². The highest BCUT2D eigenvalue weighted by atomic mass is 16.2. The highest BCUT2D eigenvalue weighted by molar-refractivity contribution is 5.96. The van der Waals surface area contributed by atoms with Gasteiger partial charge in [0.2, 0.25) is 5.91 Å². The molecule has 1 fully saturated rings. The van der Waals surface area contributed by atoms with Crippen LogP contribution in [0.2, 0.25) is 0 Å². The molecule has 1 N–H and O–H groups in total. The number of nitrogens with zero attached hydrogens (tertiary/aromatic N) is 2. The molecular weight excluding hydrogens is 302 g/mol. The summed E-state index contributed by atoms with van der Waals surface area (Å²) < 4.78 is 0. The van der Waals surface area contributed by atoms with Gasteiger partial charge in [-0.15, -0.1) is 0 Å². The molecule has 1 saturated carbocycles. The lowest BCUT2D eigenvalue weighted by Crippen LogP contribution is -2.39. The van der Waals surface area contributed by atoms with Gasteiger partial charge in [-0.3, -0.25) is 14.5 Å². The summed E-state index contributed by atoms with van der Waals surface area (Å²) in [5.41, 5.74) is 1.34. The molecular formula is C19H29N3O2. The number of hydrogen-bond acceptors (Lipinski definition) is 3. The Bertz CT molecular complexity index is 560. The Morgan fingerprint density at radius 1 is 1.04 bits per heavy atom. The number of nitrogens with one attached hydrogen (secondary N) is 1. The molecule has 1 aromatic carbocycles. The van der Waals surface area contributed by atoms with Crippen LogP contribution in [0.4, 0.5) is 5.69 Å². The van der Waals surface area contributed by atoms with Crippen molar-refractivity contribution in [2.45, 2.75) is 38.6 Å². The molecule has 1 aliphatic carbocycles. The van der Waals surface area contributed by atoms with Crippen molar-refractivity contribution in [1.29, 1.82) is 0 Å². The lowest BCUT2D eigenvalue weighted by molar-refractivity contribution is -0.117. The summed E-state index contributed by atoms with van der Waals surface area (Å²) in [5, 5.41) is 2.91. The van der Waals surface area contributed by atoms with Crippen LogP contribution in [-0.2, 0) is 4.79 Å². The first-order chi connectivity index (χ1) is 11.4. The normalized spacial score (nSPS) is 20.7. The van der Waals surface area contributed by atoms with Crippen molar-refractivity contribution in [3.63, 3.8) is 0 Å². The summed E-state index contributed by atoms with van der Waals surface area (Å²) in [4.78, 5) is 27.8. The fourth-order valence-corrected chi connectivity index (χ4v) is 3.19. The third kappa shape index (κ3) is 5.06. The second kappa shape index (κ2) is 8.29. The molecule has 0 aliphatic heterocycles. The van der Waals surface area contributed by atoms with E-state index in [1.807, 2.05) is 7.05 Å². The van der Waals surface area contributed by atoms with Crippen molar-refractivity contribution in [1.82, 2.24) is 9.80 Å². The highest BCUT2D eigenvalue weighted by Crippen LogP contribution is 2.26. The minimum atomic E-state index is -0.0425. The van der Waals surface area contributed by atoms with Crippen molar-refractivity contribution in [3.8, 4) is 0 Å². The summed E-state index contributed by atoms with van der Waals surface area (Å²) in [5.74, 6) is 0.758. The Kier molecular flexibility index (Phi) is 6.37. The number of carbonyl (C=O) groups excluding carboxylic acids is 2. The van der Waals surface area contributed by atoms with Crippen LogP contribution >= 0.6 is 0 Å². The average Bonchev–Trinajstić information content (AvgIpc) is 2.55. The molecule has 0 unspecified atom stereocenters. The Hall–Kier alpha value is -1.88. The van der Waals surface area contributed by atoms with Crippen LogP contribution in [0.5, 0.6) is 0 Å². The summed E-state index contributed by atoms with van der Waals surface area (Å²) in [7, 11) is 5.47. The second-order valence-corrected chi connectivity index (χ2v) is 7.15. The largest absolute Gasteiger partial charge is 0.345 e. The summed E-state index contributed by atoms with van der Waals surface area (Å²) in [6.07, 6.45) is 4.84. The third-order valence-corrected chi connectivity index (χ3v) is 4.82. The highest BCUT2D eigenvalue weighted by Gasteiger charge is 2.22. The first-order valence-electron chi connectivity index (χ1n) is 8.68. The van der Waals surface area contributed by atoms with Crippen LogP contribution < -0.4 is 5.32 Å². The van der Waals surface area contributed by atoms with Gasteiger partial charge in [0.05, 0.1) is 6.54 Å². The monoisotopic (exact) mass is 331 g/mol. The van der Waals surface area contributed by atoms with Gasteiger partial charge in [-0.1, -0.05) is 6.92 Å². The van der Waals surface area contributed by atoms with Crippen LogP contribution in [0.1, 0.15) is 43.0 Å². The van der Waals surface area contributed by atoms with Crippen molar-refractivity contribution < 1.29 is 9.59 Å².